The number of hydrogen-bond donors (Lipinski definition) is 1. The van der Waals surface area contributed by atoms with Gasteiger partial charge in [-0.2, -0.15) is 0 Å². The Balaban J connectivity index is 1.46. The molecule has 0 aromatic heterocycles. The number of halogens is 1. The molecule has 132 valence electrons. The maximum atomic E-state index is 12.3. The number of amides is 1. The molecule has 6 heteroatoms. The van der Waals surface area contributed by atoms with E-state index in [0.717, 1.165) is 10.8 Å². The molecule has 0 atom stereocenters. The van der Waals surface area contributed by atoms with Gasteiger partial charge in [-0.05, 0) is 11.5 Å². The van der Waals surface area contributed by atoms with Crippen LogP contribution < -0.4 is 19.5 Å². The summed E-state index contributed by atoms with van der Waals surface area (Å²) in [5.41, 5.74) is 0.461. The van der Waals surface area contributed by atoms with Crippen molar-refractivity contribution in [2.24, 2.45) is 0 Å². The molecule has 0 saturated heterocycles. The molecular weight excluding hydrogens is 354 g/mol. The number of carbonyl (C=O) groups excluding carboxylic acids is 1. The SMILES string of the molecule is O=C(COc1cccc2ccccc12)Nc1cc2c(cc1Cl)OCCO2. The van der Waals surface area contributed by atoms with Crippen molar-refractivity contribution in [3.8, 4) is 17.2 Å². The van der Waals surface area contributed by atoms with Gasteiger partial charge >= 0.3 is 0 Å². The van der Waals surface area contributed by atoms with Gasteiger partial charge in [0.05, 0.1) is 10.7 Å². The molecule has 0 spiro atoms. The summed E-state index contributed by atoms with van der Waals surface area (Å²) in [5, 5.41) is 5.14. The van der Waals surface area contributed by atoms with Crippen LogP contribution >= 0.6 is 11.6 Å². The zero-order chi connectivity index (χ0) is 17.9. The lowest BCUT2D eigenvalue weighted by atomic mass is 10.1. The third-order valence-corrected chi connectivity index (χ3v) is 4.33. The minimum Gasteiger partial charge on any atom is -0.486 e. The second-order valence-electron chi connectivity index (χ2n) is 5.79. The first-order valence-corrected chi connectivity index (χ1v) is 8.58. The minimum atomic E-state index is -0.309. The molecule has 1 heterocycles. The second-order valence-corrected chi connectivity index (χ2v) is 6.20. The van der Waals surface area contributed by atoms with Crippen LogP contribution in [0.2, 0.25) is 5.02 Å². The number of hydrogen-bond acceptors (Lipinski definition) is 4. The van der Waals surface area contributed by atoms with Crippen molar-refractivity contribution in [2.75, 3.05) is 25.1 Å². The molecule has 0 aliphatic carbocycles. The summed E-state index contributed by atoms with van der Waals surface area (Å²) in [5.74, 6) is 1.49. The Labute approximate surface area is 155 Å². The summed E-state index contributed by atoms with van der Waals surface area (Å²) in [4.78, 5) is 12.3. The summed E-state index contributed by atoms with van der Waals surface area (Å²) in [6, 6.07) is 16.9. The van der Waals surface area contributed by atoms with Gasteiger partial charge in [-0.1, -0.05) is 48.0 Å². The third kappa shape index (κ3) is 3.39. The fourth-order valence-electron chi connectivity index (χ4n) is 2.81. The number of carbonyl (C=O) groups is 1. The summed E-state index contributed by atoms with van der Waals surface area (Å²) in [6.07, 6.45) is 0. The van der Waals surface area contributed by atoms with Gasteiger partial charge in [0.25, 0.3) is 5.91 Å². The highest BCUT2D eigenvalue weighted by molar-refractivity contribution is 6.34. The van der Waals surface area contributed by atoms with Crippen LogP contribution in [0.4, 0.5) is 5.69 Å². The fraction of sp³-hybridized carbons (Fsp3) is 0.150. The summed E-state index contributed by atoms with van der Waals surface area (Å²) < 4.78 is 16.7. The molecule has 3 aromatic carbocycles. The van der Waals surface area contributed by atoms with Crippen molar-refractivity contribution >= 4 is 34.0 Å². The average Bonchev–Trinajstić information content (AvgIpc) is 2.67. The van der Waals surface area contributed by atoms with E-state index < -0.39 is 0 Å². The summed E-state index contributed by atoms with van der Waals surface area (Å²) in [7, 11) is 0. The lowest BCUT2D eigenvalue weighted by Gasteiger charge is -2.20. The number of benzene rings is 3. The predicted octanol–water partition coefficient (Wildman–Crippen LogP) is 4.28. The van der Waals surface area contributed by atoms with Crippen LogP contribution in [0.1, 0.15) is 0 Å². The largest absolute Gasteiger partial charge is 0.486 e. The van der Waals surface area contributed by atoms with Gasteiger partial charge < -0.3 is 19.5 Å². The van der Waals surface area contributed by atoms with E-state index in [4.69, 9.17) is 25.8 Å². The quantitative estimate of drug-likeness (QED) is 0.745. The normalized spacial score (nSPS) is 12.7. The number of rotatable bonds is 4. The molecule has 26 heavy (non-hydrogen) atoms. The van der Waals surface area contributed by atoms with Gasteiger partial charge in [0, 0.05) is 17.5 Å². The monoisotopic (exact) mass is 369 g/mol. The van der Waals surface area contributed by atoms with Crippen molar-refractivity contribution < 1.29 is 19.0 Å². The van der Waals surface area contributed by atoms with Gasteiger partial charge in [0.15, 0.2) is 18.1 Å². The van der Waals surface area contributed by atoms with Gasteiger partial charge in [0.1, 0.15) is 19.0 Å². The number of ether oxygens (including phenoxy) is 3. The molecule has 0 fully saturated rings. The third-order valence-electron chi connectivity index (χ3n) is 4.01. The Morgan fingerprint density at radius 1 is 1.04 bits per heavy atom. The maximum Gasteiger partial charge on any atom is 0.262 e. The maximum absolute atomic E-state index is 12.3. The van der Waals surface area contributed by atoms with Crippen molar-refractivity contribution in [2.45, 2.75) is 0 Å². The van der Waals surface area contributed by atoms with Gasteiger partial charge in [0.2, 0.25) is 0 Å². The Hall–Kier alpha value is -2.92. The zero-order valence-electron chi connectivity index (χ0n) is 13.8. The first-order chi connectivity index (χ1) is 12.7. The first-order valence-electron chi connectivity index (χ1n) is 8.20. The molecule has 1 aliphatic rings. The Morgan fingerprint density at radius 3 is 2.62 bits per heavy atom. The first kappa shape index (κ1) is 16.5. The van der Waals surface area contributed by atoms with Crippen LogP contribution in [-0.2, 0) is 4.79 Å². The number of nitrogens with one attached hydrogen (secondary N) is 1. The van der Waals surface area contributed by atoms with Gasteiger partial charge in [-0.3, -0.25) is 4.79 Å². The molecule has 1 amide bonds. The van der Waals surface area contributed by atoms with E-state index in [2.05, 4.69) is 5.32 Å². The molecule has 0 unspecified atom stereocenters. The number of fused-ring (bicyclic) bond motifs is 2. The predicted molar refractivity (Wildman–Crippen MR) is 101 cm³/mol. The van der Waals surface area contributed by atoms with E-state index in [1.54, 1.807) is 12.1 Å². The van der Waals surface area contributed by atoms with Gasteiger partial charge in [-0.15, -0.1) is 0 Å². The molecule has 0 radical (unpaired) electrons. The Morgan fingerprint density at radius 2 is 1.77 bits per heavy atom. The molecular formula is C20H16ClNO4. The molecule has 0 saturated carbocycles. The topological polar surface area (TPSA) is 56.8 Å². The molecule has 1 aliphatic heterocycles. The Bertz CT molecular complexity index is 968. The molecule has 1 N–H and O–H groups in total. The minimum absolute atomic E-state index is 0.126. The summed E-state index contributed by atoms with van der Waals surface area (Å²) in [6.45, 7) is 0.818. The fourth-order valence-corrected chi connectivity index (χ4v) is 3.01. The van der Waals surface area contributed by atoms with E-state index in [9.17, 15) is 4.79 Å². The van der Waals surface area contributed by atoms with Crippen LogP contribution in [0.15, 0.2) is 54.6 Å². The van der Waals surface area contributed by atoms with Crippen molar-refractivity contribution in [3.05, 3.63) is 59.6 Å². The van der Waals surface area contributed by atoms with E-state index in [0.29, 0.717) is 41.2 Å². The van der Waals surface area contributed by atoms with Crippen molar-refractivity contribution in [3.63, 3.8) is 0 Å². The summed E-state index contributed by atoms with van der Waals surface area (Å²) >= 11 is 6.21. The van der Waals surface area contributed by atoms with E-state index in [-0.39, 0.29) is 12.5 Å². The molecule has 4 rings (SSSR count). The highest BCUT2D eigenvalue weighted by Gasteiger charge is 2.16. The smallest absolute Gasteiger partial charge is 0.262 e. The standard InChI is InChI=1S/C20H16ClNO4/c21-15-10-18-19(25-9-8-24-18)11-16(15)22-20(23)12-26-17-7-3-5-13-4-1-2-6-14(13)17/h1-7,10-11H,8-9,12H2,(H,22,23). The van der Waals surface area contributed by atoms with Crippen LogP contribution in [0, 0.1) is 0 Å². The zero-order valence-corrected chi connectivity index (χ0v) is 14.6. The van der Waals surface area contributed by atoms with Crippen LogP contribution in [0.5, 0.6) is 17.2 Å². The van der Waals surface area contributed by atoms with Crippen LogP contribution in [0.3, 0.4) is 0 Å². The highest BCUT2D eigenvalue weighted by atomic mass is 35.5. The lowest BCUT2D eigenvalue weighted by molar-refractivity contribution is -0.118. The lowest BCUT2D eigenvalue weighted by Crippen LogP contribution is -2.21. The highest BCUT2D eigenvalue weighted by Crippen LogP contribution is 2.38. The van der Waals surface area contributed by atoms with Crippen molar-refractivity contribution in [1.29, 1.82) is 0 Å². The van der Waals surface area contributed by atoms with Crippen LogP contribution in [0.25, 0.3) is 10.8 Å². The second kappa shape index (κ2) is 7.14. The average molecular weight is 370 g/mol. The Kier molecular flexibility index (Phi) is 4.54. The van der Waals surface area contributed by atoms with E-state index in [1.165, 1.54) is 0 Å². The van der Waals surface area contributed by atoms with Crippen molar-refractivity contribution in [1.82, 2.24) is 0 Å². The van der Waals surface area contributed by atoms with E-state index in [1.807, 2.05) is 42.5 Å². The van der Waals surface area contributed by atoms with Gasteiger partial charge in [-0.25, -0.2) is 0 Å². The van der Waals surface area contributed by atoms with E-state index >= 15 is 0 Å². The van der Waals surface area contributed by atoms with Crippen LogP contribution in [-0.4, -0.2) is 25.7 Å². The molecule has 3 aromatic rings. The molecule has 5 nitrogen and oxygen atoms in total. The molecule has 0 bridgehead atoms. The number of anilines is 1.